The van der Waals surface area contributed by atoms with E-state index in [2.05, 4.69) is 20.3 Å². The maximum atomic E-state index is 13.6. The highest BCUT2D eigenvalue weighted by molar-refractivity contribution is 7.16. The van der Waals surface area contributed by atoms with Gasteiger partial charge in [0.2, 0.25) is 17.7 Å². The zero-order valence-corrected chi connectivity index (χ0v) is 23.3. The Balaban J connectivity index is 1.29. The molecule has 5 atom stereocenters. The van der Waals surface area contributed by atoms with Crippen LogP contribution in [0.4, 0.5) is 0 Å². The topological polar surface area (TPSA) is 161 Å². The van der Waals surface area contributed by atoms with Crippen molar-refractivity contribution >= 4 is 39.3 Å². The average molecular weight is 577 g/mol. The van der Waals surface area contributed by atoms with Crippen LogP contribution in [0.2, 0.25) is 0 Å². The van der Waals surface area contributed by atoms with Crippen molar-refractivity contribution in [3.8, 4) is 17.4 Å². The second-order valence-electron chi connectivity index (χ2n) is 10.9. The molecule has 5 heterocycles. The fourth-order valence-corrected chi connectivity index (χ4v) is 6.48. The molecule has 2 aliphatic heterocycles. The predicted octanol–water partition coefficient (Wildman–Crippen LogP) is 2.91. The normalized spacial score (nSPS) is 29.5. The summed E-state index contributed by atoms with van der Waals surface area (Å²) < 4.78 is 6.38. The number of pyridine rings is 1. The summed E-state index contributed by atoms with van der Waals surface area (Å²) in [6, 6.07) is 5.67. The zero-order valence-electron chi connectivity index (χ0n) is 22.4. The van der Waals surface area contributed by atoms with Crippen LogP contribution in [0.1, 0.15) is 44.9 Å². The third-order valence-electron chi connectivity index (χ3n) is 8.12. The lowest BCUT2D eigenvalue weighted by molar-refractivity contribution is -0.145. The Labute approximate surface area is 240 Å². The second-order valence-corrected chi connectivity index (χ2v) is 11.8. The number of aliphatic carboxylic acids is 1. The molecule has 1 saturated heterocycles. The van der Waals surface area contributed by atoms with Gasteiger partial charge in [-0.05, 0) is 49.3 Å². The van der Waals surface area contributed by atoms with E-state index >= 15 is 0 Å². The van der Waals surface area contributed by atoms with E-state index in [9.17, 15) is 19.5 Å². The lowest BCUT2D eigenvalue weighted by Gasteiger charge is -2.27. The number of fused-ring (bicyclic) bond motifs is 3. The molecule has 0 bridgehead atoms. The van der Waals surface area contributed by atoms with E-state index in [4.69, 9.17) is 10.5 Å². The Morgan fingerprint density at radius 2 is 2.07 bits per heavy atom. The van der Waals surface area contributed by atoms with E-state index in [1.807, 2.05) is 41.8 Å². The Morgan fingerprint density at radius 3 is 2.88 bits per heavy atom. The molecule has 0 unspecified atom stereocenters. The minimum Gasteiger partial charge on any atom is -0.479 e. The summed E-state index contributed by atoms with van der Waals surface area (Å²) in [7, 11) is 0. The number of nitrogens with two attached hydrogens (primary N) is 1. The Bertz CT molecular complexity index is 1500. The van der Waals surface area contributed by atoms with Crippen molar-refractivity contribution in [2.75, 3.05) is 6.54 Å². The molecule has 12 heteroatoms. The molecule has 2 amide bonds. The molecule has 11 nitrogen and oxygen atoms in total. The number of hydrogen-bond donors (Lipinski definition) is 3. The first-order valence-corrected chi connectivity index (χ1v) is 14.8. The van der Waals surface area contributed by atoms with Gasteiger partial charge in [-0.1, -0.05) is 31.1 Å². The van der Waals surface area contributed by atoms with Crippen molar-refractivity contribution in [3.63, 3.8) is 0 Å². The number of ether oxygens (including phenoxy) is 1. The third kappa shape index (κ3) is 5.41. The van der Waals surface area contributed by atoms with Gasteiger partial charge in [-0.2, -0.15) is 4.98 Å². The SMILES string of the molecule is N[C@H]1CCCCC/C=C\[C@@H]2C[C@@]2(C(=O)O)NC(=O)[C@@H]2C[C@@H](Oc3nc(-c4ccccn4)nc4sccc34)CN2C1=O. The molecule has 2 fully saturated rings. The Morgan fingerprint density at radius 1 is 1.20 bits per heavy atom. The molecule has 214 valence electrons. The Hall–Kier alpha value is -3.90. The predicted molar refractivity (Wildman–Crippen MR) is 152 cm³/mol. The molecule has 4 N–H and O–H groups in total. The smallest absolute Gasteiger partial charge is 0.330 e. The summed E-state index contributed by atoms with van der Waals surface area (Å²) in [4.78, 5) is 55.2. The molecule has 1 aliphatic carbocycles. The van der Waals surface area contributed by atoms with Crippen LogP contribution in [-0.4, -0.2) is 73.0 Å². The van der Waals surface area contributed by atoms with Crippen LogP contribution in [0, 0.1) is 5.92 Å². The molecule has 3 aromatic rings. The average Bonchev–Trinajstić information content (AvgIpc) is 3.27. The monoisotopic (exact) mass is 576 g/mol. The van der Waals surface area contributed by atoms with Crippen molar-refractivity contribution in [1.82, 2.24) is 25.2 Å². The molecule has 0 radical (unpaired) electrons. The molecule has 0 aromatic carbocycles. The highest BCUT2D eigenvalue weighted by Gasteiger charge is 2.61. The fraction of sp³-hybridized carbons (Fsp3) is 0.448. The number of carbonyl (C=O) groups is 3. The summed E-state index contributed by atoms with van der Waals surface area (Å²) in [5.74, 6) is -1.45. The quantitative estimate of drug-likeness (QED) is 0.397. The number of nitrogens with one attached hydrogen (secondary N) is 1. The summed E-state index contributed by atoms with van der Waals surface area (Å²) in [5, 5.41) is 15.4. The van der Waals surface area contributed by atoms with Crippen molar-refractivity contribution in [2.24, 2.45) is 11.7 Å². The van der Waals surface area contributed by atoms with E-state index in [0.717, 1.165) is 35.9 Å². The van der Waals surface area contributed by atoms with Crippen LogP contribution in [0.15, 0.2) is 48.0 Å². The molecular formula is C29H32N6O5S. The van der Waals surface area contributed by atoms with E-state index in [1.165, 1.54) is 16.2 Å². The first-order valence-electron chi connectivity index (χ1n) is 14.0. The van der Waals surface area contributed by atoms with Crippen LogP contribution in [0.25, 0.3) is 21.7 Å². The number of allylic oxidation sites excluding steroid dienone is 1. The fourth-order valence-electron chi connectivity index (χ4n) is 5.73. The summed E-state index contributed by atoms with van der Waals surface area (Å²) >= 11 is 1.45. The summed E-state index contributed by atoms with van der Waals surface area (Å²) in [6.07, 6.45) is 9.44. The van der Waals surface area contributed by atoms with E-state index in [1.54, 1.807) is 6.20 Å². The van der Waals surface area contributed by atoms with Crippen LogP contribution in [-0.2, 0) is 14.4 Å². The van der Waals surface area contributed by atoms with E-state index in [-0.39, 0.29) is 24.8 Å². The number of carboxylic acid groups (broad SMARTS) is 1. The number of hydrogen-bond acceptors (Lipinski definition) is 9. The van der Waals surface area contributed by atoms with E-state index < -0.39 is 35.6 Å². The van der Waals surface area contributed by atoms with Crippen LogP contribution >= 0.6 is 11.3 Å². The molecule has 3 aromatic heterocycles. The molecule has 41 heavy (non-hydrogen) atoms. The maximum Gasteiger partial charge on any atom is 0.330 e. The highest BCUT2D eigenvalue weighted by Crippen LogP contribution is 2.45. The highest BCUT2D eigenvalue weighted by atomic mass is 32.1. The van der Waals surface area contributed by atoms with E-state index in [0.29, 0.717) is 30.2 Å². The lowest BCUT2D eigenvalue weighted by atomic mass is 10.1. The molecule has 0 spiro atoms. The van der Waals surface area contributed by atoms with Crippen LogP contribution in [0.3, 0.4) is 0 Å². The number of carbonyl (C=O) groups excluding carboxylic acids is 2. The number of rotatable bonds is 4. The van der Waals surface area contributed by atoms with Gasteiger partial charge < -0.3 is 25.8 Å². The van der Waals surface area contributed by atoms with Gasteiger partial charge in [0.15, 0.2) is 5.82 Å². The molecular weight excluding hydrogens is 544 g/mol. The molecule has 6 rings (SSSR count). The number of carboxylic acids is 1. The van der Waals surface area contributed by atoms with Crippen molar-refractivity contribution < 1.29 is 24.2 Å². The minimum absolute atomic E-state index is 0.128. The summed E-state index contributed by atoms with van der Waals surface area (Å²) in [5.41, 5.74) is 5.55. The summed E-state index contributed by atoms with van der Waals surface area (Å²) in [6.45, 7) is 0.128. The van der Waals surface area contributed by atoms with Crippen LogP contribution < -0.4 is 15.8 Å². The largest absolute Gasteiger partial charge is 0.479 e. The maximum absolute atomic E-state index is 13.6. The van der Waals surface area contributed by atoms with Crippen molar-refractivity contribution in [3.05, 3.63) is 48.0 Å². The van der Waals surface area contributed by atoms with Crippen molar-refractivity contribution in [1.29, 1.82) is 0 Å². The van der Waals surface area contributed by atoms with Gasteiger partial charge in [-0.25, -0.2) is 9.78 Å². The van der Waals surface area contributed by atoms with Gasteiger partial charge >= 0.3 is 5.97 Å². The Kier molecular flexibility index (Phi) is 7.43. The van der Waals surface area contributed by atoms with Gasteiger partial charge in [0.05, 0.1) is 18.0 Å². The zero-order chi connectivity index (χ0) is 28.6. The van der Waals surface area contributed by atoms with Gasteiger partial charge in [0.25, 0.3) is 0 Å². The lowest BCUT2D eigenvalue weighted by Crippen LogP contribution is -2.55. The van der Waals surface area contributed by atoms with Crippen molar-refractivity contribution in [2.45, 2.75) is 68.7 Å². The first-order chi connectivity index (χ1) is 19.9. The molecule has 3 aliphatic rings. The number of amides is 2. The third-order valence-corrected chi connectivity index (χ3v) is 8.93. The van der Waals surface area contributed by atoms with Gasteiger partial charge in [0, 0.05) is 18.5 Å². The molecule has 1 saturated carbocycles. The van der Waals surface area contributed by atoms with Crippen LogP contribution in [0.5, 0.6) is 5.88 Å². The standard InChI is InChI=1S/C29H32N6O5S/c30-20-9-5-3-1-2-4-8-17-15-29(17,28(38)39)34-24(36)22-14-18(16-35(22)27(20)37)40-25-19-11-13-41-26(19)33-23(32-25)21-10-6-7-12-31-21/h4,6-8,10-13,17-18,20,22H,1-3,5,9,14-16,30H2,(H,34,36)(H,38,39)/b8-4-/t17-,18-,20+,22+,29-/m1/s1. The van der Waals surface area contributed by atoms with Gasteiger partial charge in [-0.3, -0.25) is 14.6 Å². The number of nitrogens with zero attached hydrogens (tertiary/aromatic N) is 4. The minimum atomic E-state index is -1.36. The number of thiophene rings is 1. The van der Waals surface area contributed by atoms with Gasteiger partial charge in [-0.15, -0.1) is 11.3 Å². The first kappa shape index (κ1) is 27.3. The second kappa shape index (κ2) is 11.2. The van der Waals surface area contributed by atoms with Gasteiger partial charge in [0.1, 0.15) is 28.2 Å². The number of aromatic nitrogens is 3.